The standard InChI is InChI=1S/C8H15N3O6/c9-7(1-4(12)13,2-5(14)15)8(10,11)3-6(16)17/h1-3,9-11H2,(H,12,13)(H,14,15)(H,16,17). The Labute approximate surface area is 96.2 Å². The van der Waals surface area contributed by atoms with Gasteiger partial charge >= 0.3 is 17.9 Å². The molecule has 0 aliphatic heterocycles. The summed E-state index contributed by atoms with van der Waals surface area (Å²) in [4.78, 5) is 31.7. The van der Waals surface area contributed by atoms with Crippen LogP contribution >= 0.6 is 0 Å². The third-order valence-electron chi connectivity index (χ3n) is 2.30. The fraction of sp³-hybridized carbons (Fsp3) is 0.625. The van der Waals surface area contributed by atoms with Crippen LogP contribution in [0, 0.1) is 0 Å². The highest BCUT2D eigenvalue weighted by Crippen LogP contribution is 2.24. The van der Waals surface area contributed by atoms with E-state index >= 15 is 0 Å². The quantitative estimate of drug-likeness (QED) is 0.270. The smallest absolute Gasteiger partial charge is 0.306 e. The van der Waals surface area contributed by atoms with E-state index in [9.17, 15) is 14.4 Å². The minimum absolute atomic E-state index is 0.843. The second kappa shape index (κ2) is 5.08. The summed E-state index contributed by atoms with van der Waals surface area (Å²) in [5.41, 5.74) is 12.2. The molecule has 0 aliphatic carbocycles. The monoisotopic (exact) mass is 249 g/mol. The van der Waals surface area contributed by atoms with Gasteiger partial charge in [0.1, 0.15) is 0 Å². The van der Waals surface area contributed by atoms with Crippen molar-refractivity contribution in [2.45, 2.75) is 30.5 Å². The molecule has 0 saturated heterocycles. The maximum Gasteiger partial charge on any atom is 0.306 e. The van der Waals surface area contributed by atoms with Crippen molar-refractivity contribution in [1.29, 1.82) is 0 Å². The number of rotatable bonds is 7. The lowest BCUT2D eigenvalue weighted by molar-refractivity contribution is -0.146. The van der Waals surface area contributed by atoms with Gasteiger partial charge in [-0.05, 0) is 0 Å². The number of hydrogen-bond acceptors (Lipinski definition) is 6. The van der Waals surface area contributed by atoms with Gasteiger partial charge in [-0.1, -0.05) is 0 Å². The predicted molar refractivity (Wildman–Crippen MR) is 54.8 cm³/mol. The Morgan fingerprint density at radius 1 is 0.765 bits per heavy atom. The molecule has 0 spiro atoms. The van der Waals surface area contributed by atoms with Gasteiger partial charge in [0.15, 0.2) is 0 Å². The normalized spacial score (nSPS) is 12.2. The summed E-state index contributed by atoms with van der Waals surface area (Å²) < 4.78 is 0. The summed E-state index contributed by atoms with van der Waals surface area (Å²) in [6.45, 7) is 0. The first-order valence-electron chi connectivity index (χ1n) is 4.52. The van der Waals surface area contributed by atoms with E-state index in [4.69, 9.17) is 32.5 Å². The lowest BCUT2D eigenvalue weighted by Gasteiger charge is -2.40. The van der Waals surface area contributed by atoms with Gasteiger partial charge in [0.25, 0.3) is 0 Å². The van der Waals surface area contributed by atoms with Crippen LogP contribution in [-0.4, -0.2) is 44.4 Å². The molecule has 0 amide bonds. The van der Waals surface area contributed by atoms with Crippen molar-refractivity contribution >= 4 is 17.9 Å². The molecule has 0 atom stereocenters. The van der Waals surface area contributed by atoms with Crippen LogP contribution < -0.4 is 17.2 Å². The fourth-order valence-corrected chi connectivity index (χ4v) is 1.36. The first kappa shape index (κ1) is 15.3. The molecule has 0 radical (unpaired) electrons. The van der Waals surface area contributed by atoms with Crippen LogP contribution in [-0.2, 0) is 14.4 Å². The molecule has 0 aromatic heterocycles. The van der Waals surface area contributed by atoms with Crippen LogP contribution in [0.4, 0.5) is 0 Å². The third kappa shape index (κ3) is 4.34. The molecule has 0 aliphatic rings. The fourth-order valence-electron chi connectivity index (χ4n) is 1.36. The molecule has 0 aromatic rings. The summed E-state index contributed by atoms with van der Waals surface area (Å²) in [6, 6.07) is 0. The Morgan fingerprint density at radius 3 is 1.29 bits per heavy atom. The molecule has 98 valence electrons. The van der Waals surface area contributed by atoms with Crippen molar-refractivity contribution < 1.29 is 29.7 Å². The molecular formula is C8H15N3O6. The van der Waals surface area contributed by atoms with E-state index in [-0.39, 0.29) is 0 Å². The maximum atomic E-state index is 10.6. The molecule has 9 N–H and O–H groups in total. The Hall–Kier alpha value is -1.71. The molecule has 0 unspecified atom stereocenters. The van der Waals surface area contributed by atoms with E-state index < -0.39 is 48.4 Å². The van der Waals surface area contributed by atoms with Gasteiger partial charge in [-0.3, -0.25) is 14.4 Å². The van der Waals surface area contributed by atoms with Crippen LogP contribution in [0.15, 0.2) is 0 Å². The zero-order chi connectivity index (χ0) is 13.9. The highest BCUT2D eigenvalue weighted by Gasteiger charge is 2.47. The summed E-state index contributed by atoms with van der Waals surface area (Å²) >= 11 is 0. The molecule has 17 heavy (non-hydrogen) atoms. The zero-order valence-electron chi connectivity index (χ0n) is 8.92. The summed E-state index contributed by atoms with van der Waals surface area (Å²) in [6.07, 6.45) is -2.54. The highest BCUT2D eigenvalue weighted by atomic mass is 16.4. The van der Waals surface area contributed by atoms with Crippen LogP contribution in [0.1, 0.15) is 19.3 Å². The number of carboxylic acid groups (broad SMARTS) is 3. The van der Waals surface area contributed by atoms with Crippen LogP contribution in [0.5, 0.6) is 0 Å². The molecule has 0 aromatic carbocycles. The Kier molecular flexibility index (Phi) is 4.57. The zero-order valence-corrected chi connectivity index (χ0v) is 8.92. The SMILES string of the molecule is NC(N)(CC(=O)O)C(N)(CC(=O)O)CC(=O)O. The molecule has 0 saturated carbocycles. The number of aliphatic carboxylic acids is 3. The lowest BCUT2D eigenvalue weighted by Crippen LogP contribution is -2.73. The number of carboxylic acids is 3. The van der Waals surface area contributed by atoms with E-state index in [2.05, 4.69) is 0 Å². The number of nitrogens with two attached hydrogens (primary N) is 3. The minimum atomic E-state index is -2.14. The Bertz CT molecular complexity index is 324. The van der Waals surface area contributed by atoms with Gasteiger partial charge in [0, 0.05) is 0 Å². The lowest BCUT2D eigenvalue weighted by atomic mass is 9.78. The van der Waals surface area contributed by atoms with Crippen molar-refractivity contribution in [2.24, 2.45) is 17.2 Å². The molecule has 0 fully saturated rings. The van der Waals surface area contributed by atoms with Gasteiger partial charge in [-0.25, -0.2) is 0 Å². The van der Waals surface area contributed by atoms with Gasteiger partial charge in [-0.2, -0.15) is 0 Å². The average Bonchev–Trinajstić information content (AvgIpc) is 1.96. The Balaban J connectivity index is 5.20. The number of carbonyl (C=O) groups is 3. The Morgan fingerprint density at radius 2 is 1.06 bits per heavy atom. The predicted octanol–water partition coefficient (Wildman–Crippen LogP) is -2.28. The van der Waals surface area contributed by atoms with Gasteiger partial charge in [0.05, 0.1) is 30.5 Å². The minimum Gasteiger partial charge on any atom is -0.481 e. The van der Waals surface area contributed by atoms with Crippen molar-refractivity contribution in [3.63, 3.8) is 0 Å². The van der Waals surface area contributed by atoms with Crippen molar-refractivity contribution in [2.75, 3.05) is 0 Å². The highest BCUT2D eigenvalue weighted by molar-refractivity contribution is 5.75. The maximum absolute atomic E-state index is 10.6. The van der Waals surface area contributed by atoms with E-state index in [1.807, 2.05) is 0 Å². The number of hydrogen-bond donors (Lipinski definition) is 6. The van der Waals surface area contributed by atoms with Gasteiger partial charge < -0.3 is 32.5 Å². The molecule has 0 rings (SSSR count). The van der Waals surface area contributed by atoms with Crippen LogP contribution in [0.25, 0.3) is 0 Å². The second-order valence-electron chi connectivity index (χ2n) is 3.91. The van der Waals surface area contributed by atoms with Crippen molar-refractivity contribution in [3.05, 3.63) is 0 Å². The van der Waals surface area contributed by atoms with Crippen molar-refractivity contribution in [3.8, 4) is 0 Å². The van der Waals surface area contributed by atoms with Crippen molar-refractivity contribution in [1.82, 2.24) is 0 Å². The molecule has 9 heteroatoms. The molecule has 0 bridgehead atoms. The van der Waals surface area contributed by atoms with Gasteiger partial charge in [0.2, 0.25) is 0 Å². The largest absolute Gasteiger partial charge is 0.481 e. The van der Waals surface area contributed by atoms with E-state index in [0.717, 1.165) is 0 Å². The third-order valence-corrected chi connectivity index (χ3v) is 2.30. The first-order chi connectivity index (χ1) is 7.50. The first-order valence-corrected chi connectivity index (χ1v) is 4.52. The van der Waals surface area contributed by atoms with E-state index in [0.29, 0.717) is 0 Å². The summed E-state index contributed by atoms with van der Waals surface area (Å²) in [5.74, 6) is -4.24. The topological polar surface area (TPSA) is 190 Å². The van der Waals surface area contributed by atoms with Crippen LogP contribution in [0.2, 0.25) is 0 Å². The molecule has 0 heterocycles. The molecular weight excluding hydrogens is 234 g/mol. The van der Waals surface area contributed by atoms with Crippen LogP contribution in [0.3, 0.4) is 0 Å². The van der Waals surface area contributed by atoms with E-state index in [1.165, 1.54) is 0 Å². The average molecular weight is 249 g/mol. The van der Waals surface area contributed by atoms with Gasteiger partial charge in [-0.15, -0.1) is 0 Å². The second-order valence-corrected chi connectivity index (χ2v) is 3.91. The summed E-state index contributed by atoms with van der Waals surface area (Å²) in [7, 11) is 0. The summed E-state index contributed by atoms with van der Waals surface area (Å²) in [5, 5.41) is 25.8. The molecule has 9 nitrogen and oxygen atoms in total. The van der Waals surface area contributed by atoms with E-state index in [1.54, 1.807) is 0 Å².